The maximum absolute atomic E-state index is 12.6. The molecule has 29 heavy (non-hydrogen) atoms. The Morgan fingerprint density at radius 3 is 2.45 bits per heavy atom. The van der Waals surface area contributed by atoms with E-state index >= 15 is 0 Å². The SMILES string of the molecule is COc1ccc(CCNC(=O)[C@@H]2CC(=O)N(C3CCCCCCC3)C2)cc1OC. The van der Waals surface area contributed by atoms with Crippen molar-refractivity contribution in [3.63, 3.8) is 0 Å². The van der Waals surface area contributed by atoms with Crippen LogP contribution >= 0.6 is 0 Å². The normalized spacial score (nSPS) is 20.8. The van der Waals surface area contributed by atoms with E-state index in [1.807, 2.05) is 23.1 Å². The second-order valence-electron chi connectivity index (χ2n) is 8.18. The van der Waals surface area contributed by atoms with Gasteiger partial charge in [-0.25, -0.2) is 0 Å². The summed E-state index contributed by atoms with van der Waals surface area (Å²) in [4.78, 5) is 27.1. The molecule has 0 aromatic heterocycles. The van der Waals surface area contributed by atoms with Crippen molar-refractivity contribution in [2.75, 3.05) is 27.3 Å². The largest absolute Gasteiger partial charge is 0.493 e. The highest BCUT2D eigenvalue weighted by Gasteiger charge is 2.37. The Morgan fingerprint density at radius 1 is 1.07 bits per heavy atom. The van der Waals surface area contributed by atoms with E-state index in [1.54, 1.807) is 14.2 Å². The number of carbonyl (C=O) groups is 2. The van der Waals surface area contributed by atoms with Crippen LogP contribution in [0.1, 0.15) is 56.9 Å². The van der Waals surface area contributed by atoms with E-state index in [0.717, 1.165) is 18.4 Å². The summed E-state index contributed by atoms with van der Waals surface area (Å²) in [6, 6.07) is 6.11. The van der Waals surface area contributed by atoms with Gasteiger partial charge in [0.2, 0.25) is 11.8 Å². The molecule has 6 nitrogen and oxygen atoms in total. The van der Waals surface area contributed by atoms with Crippen molar-refractivity contribution in [1.82, 2.24) is 10.2 Å². The molecule has 0 unspecified atom stereocenters. The maximum Gasteiger partial charge on any atom is 0.225 e. The molecule has 1 atom stereocenters. The molecule has 1 heterocycles. The number of likely N-dealkylation sites (tertiary alicyclic amines) is 1. The van der Waals surface area contributed by atoms with Gasteiger partial charge in [0.15, 0.2) is 11.5 Å². The number of amides is 2. The lowest BCUT2D eigenvalue weighted by atomic mass is 9.96. The Bertz CT molecular complexity index is 698. The number of hydrogen-bond donors (Lipinski definition) is 1. The molecule has 6 heteroatoms. The van der Waals surface area contributed by atoms with Gasteiger partial charge in [-0.15, -0.1) is 0 Å². The highest BCUT2D eigenvalue weighted by atomic mass is 16.5. The molecular formula is C23H34N2O4. The van der Waals surface area contributed by atoms with Gasteiger partial charge in [0.05, 0.1) is 20.1 Å². The van der Waals surface area contributed by atoms with Gasteiger partial charge in [0.1, 0.15) is 0 Å². The minimum Gasteiger partial charge on any atom is -0.493 e. The summed E-state index contributed by atoms with van der Waals surface area (Å²) in [5, 5.41) is 3.02. The van der Waals surface area contributed by atoms with Crippen LogP contribution in [0.15, 0.2) is 18.2 Å². The molecule has 2 amide bonds. The van der Waals surface area contributed by atoms with Crippen LogP contribution in [0.2, 0.25) is 0 Å². The lowest BCUT2D eigenvalue weighted by molar-refractivity contribution is -0.130. The molecule has 1 aromatic carbocycles. The average molecular weight is 403 g/mol. The first-order valence-electron chi connectivity index (χ1n) is 10.9. The summed E-state index contributed by atoms with van der Waals surface area (Å²) in [5.41, 5.74) is 1.07. The highest BCUT2D eigenvalue weighted by molar-refractivity contribution is 5.89. The number of rotatable bonds is 7. The van der Waals surface area contributed by atoms with E-state index in [4.69, 9.17) is 9.47 Å². The summed E-state index contributed by atoms with van der Waals surface area (Å²) in [6.07, 6.45) is 9.44. The summed E-state index contributed by atoms with van der Waals surface area (Å²) < 4.78 is 10.6. The monoisotopic (exact) mass is 402 g/mol. The molecule has 1 aromatic rings. The van der Waals surface area contributed by atoms with Gasteiger partial charge in [0.25, 0.3) is 0 Å². The molecule has 2 aliphatic rings. The summed E-state index contributed by atoms with van der Waals surface area (Å²) in [5.74, 6) is 1.30. The molecule has 1 aliphatic carbocycles. The van der Waals surface area contributed by atoms with Crippen LogP contribution in [0.5, 0.6) is 11.5 Å². The molecule has 1 saturated heterocycles. The first-order chi connectivity index (χ1) is 14.1. The zero-order chi connectivity index (χ0) is 20.6. The minimum absolute atomic E-state index is 0.00725. The lowest BCUT2D eigenvalue weighted by Gasteiger charge is -2.29. The van der Waals surface area contributed by atoms with Crippen LogP contribution in [-0.2, 0) is 16.0 Å². The first-order valence-corrected chi connectivity index (χ1v) is 10.9. The van der Waals surface area contributed by atoms with Gasteiger partial charge in [-0.3, -0.25) is 9.59 Å². The van der Waals surface area contributed by atoms with Gasteiger partial charge >= 0.3 is 0 Å². The molecule has 160 valence electrons. The fraction of sp³-hybridized carbons (Fsp3) is 0.652. The van der Waals surface area contributed by atoms with Crippen LogP contribution in [0.25, 0.3) is 0 Å². The second kappa shape index (κ2) is 10.5. The predicted octanol–water partition coefficient (Wildman–Crippen LogP) is 3.32. The van der Waals surface area contributed by atoms with Crippen molar-refractivity contribution in [2.24, 2.45) is 5.92 Å². The van der Waals surface area contributed by atoms with E-state index < -0.39 is 0 Å². The molecule has 1 aliphatic heterocycles. The number of nitrogens with one attached hydrogen (secondary N) is 1. The van der Waals surface area contributed by atoms with E-state index in [2.05, 4.69) is 5.32 Å². The van der Waals surface area contributed by atoms with Crippen molar-refractivity contribution in [1.29, 1.82) is 0 Å². The van der Waals surface area contributed by atoms with Crippen LogP contribution in [-0.4, -0.2) is 50.1 Å². The Balaban J connectivity index is 1.48. The smallest absolute Gasteiger partial charge is 0.225 e. The third-order valence-electron chi connectivity index (χ3n) is 6.21. The number of hydrogen-bond acceptors (Lipinski definition) is 4. The van der Waals surface area contributed by atoms with Gasteiger partial charge in [-0.2, -0.15) is 0 Å². The van der Waals surface area contributed by atoms with Crippen molar-refractivity contribution in [3.8, 4) is 11.5 Å². The number of nitrogens with zero attached hydrogens (tertiary/aromatic N) is 1. The van der Waals surface area contributed by atoms with Crippen LogP contribution in [0.4, 0.5) is 0 Å². The zero-order valence-electron chi connectivity index (χ0n) is 17.7. The van der Waals surface area contributed by atoms with Gasteiger partial charge in [0, 0.05) is 25.6 Å². The number of ether oxygens (including phenoxy) is 2. The van der Waals surface area contributed by atoms with Gasteiger partial charge < -0.3 is 19.7 Å². The Morgan fingerprint density at radius 2 is 1.76 bits per heavy atom. The van der Waals surface area contributed by atoms with E-state index in [9.17, 15) is 9.59 Å². The zero-order valence-corrected chi connectivity index (χ0v) is 17.7. The molecule has 0 radical (unpaired) electrons. The summed E-state index contributed by atoms with van der Waals surface area (Å²) in [7, 11) is 3.23. The number of benzene rings is 1. The quantitative estimate of drug-likeness (QED) is 0.760. The van der Waals surface area contributed by atoms with Crippen molar-refractivity contribution >= 4 is 11.8 Å². The number of methoxy groups -OCH3 is 2. The highest BCUT2D eigenvalue weighted by Crippen LogP contribution is 2.29. The number of carbonyl (C=O) groups excluding carboxylic acids is 2. The van der Waals surface area contributed by atoms with Crippen LogP contribution in [0, 0.1) is 5.92 Å². The topological polar surface area (TPSA) is 67.9 Å². The van der Waals surface area contributed by atoms with Crippen molar-refractivity contribution in [2.45, 2.75) is 63.8 Å². The second-order valence-corrected chi connectivity index (χ2v) is 8.18. The van der Waals surface area contributed by atoms with E-state index in [1.165, 1.54) is 32.1 Å². The van der Waals surface area contributed by atoms with Gasteiger partial charge in [-0.1, -0.05) is 38.2 Å². The van der Waals surface area contributed by atoms with Crippen LogP contribution < -0.4 is 14.8 Å². The fourth-order valence-corrected chi connectivity index (χ4v) is 4.52. The first kappa shape index (κ1) is 21.5. The molecule has 0 bridgehead atoms. The standard InChI is InChI=1S/C23H34N2O4/c1-28-20-11-10-17(14-21(20)29-2)12-13-24-23(27)18-15-22(26)25(16-18)19-8-6-4-3-5-7-9-19/h10-11,14,18-19H,3-9,12-13,15-16H2,1-2H3,(H,24,27)/t18-/m1/s1. The maximum atomic E-state index is 12.6. The molecule has 0 spiro atoms. The third-order valence-corrected chi connectivity index (χ3v) is 6.21. The fourth-order valence-electron chi connectivity index (χ4n) is 4.52. The van der Waals surface area contributed by atoms with E-state index in [0.29, 0.717) is 43.5 Å². The molecule has 3 rings (SSSR count). The van der Waals surface area contributed by atoms with Crippen molar-refractivity contribution in [3.05, 3.63) is 23.8 Å². The van der Waals surface area contributed by atoms with Crippen LogP contribution in [0.3, 0.4) is 0 Å². The lowest BCUT2D eigenvalue weighted by Crippen LogP contribution is -2.39. The average Bonchev–Trinajstić information content (AvgIpc) is 3.09. The Hall–Kier alpha value is -2.24. The summed E-state index contributed by atoms with van der Waals surface area (Å²) >= 11 is 0. The predicted molar refractivity (Wildman–Crippen MR) is 112 cm³/mol. The summed E-state index contributed by atoms with van der Waals surface area (Å²) in [6.45, 7) is 1.12. The van der Waals surface area contributed by atoms with Gasteiger partial charge in [-0.05, 0) is 37.0 Å². The van der Waals surface area contributed by atoms with E-state index in [-0.39, 0.29) is 17.7 Å². The Labute approximate surface area is 173 Å². The Kier molecular flexibility index (Phi) is 7.78. The molecule has 1 saturated carbocycles. The van der Waals surface area contributed by atoms with Crippen molar-refractivity contribution < 1.29 is 19.1 Å². The molecular weight excluding hydrogens is 368 g/mol. The molecule has 2 fully saturated rings. The minimum atomic E-state index is -0.224. The molecule has 1 N–H and O–H groups in total. The third kappa shape index (κ3) is 5.64.